The lowest BCUT2D eigenvalue weighted by molar-refractivity contribution is -0.640. The molecule has 79 heavy (non-hydrogen) atoms. The fraction of sp³-hybridized carbons (Fsp3) is 0.255. The minimum Gasteiger partial charge on any atom is -0.868 e. The number of amides is 1. The normalized spacial score (nSPS) is 9.81. The van der Waals surface area contributed by atoms with Crippen LogP contribution in [0.4, 0.5) is 49.5 Å². The zero-order valence-electron chi connectivity index (χ0n) is 44.2. The van der Waals surface area contributed by atoms with Crippen molar-refractivity contribution in [1.82, 2.24) is 29.2 Å². The second-order valence-electron chi connectivity index (χ2n) is 16.7. The summed E-state index contributed by atoms with van der Waals surface area (Å²) >= 11 is 0. The molecule has 0 saturated carbocycles. The van der Waals surface area contributed by atoms with Crippen molar-refractivity contribution in [2.24, 2.45) is 0 Å². The molecule has 0 bridgehead atoms. The SMILES string of the molecule is CC(C)(C)OC(=O)Nc1ccncc1F.CCc1c(C)nn2cc(F)c(C)cc12.CCc1c(C)nn2ccc(C)c(F)c12.Cc1cc[n+](N)cc1F.Nc1ccncc1F.O=C=O.O=C=O.O=[N+]([O-])c1ccc([O-])c([N+](=O)[O-])c1. The summed E-state index contributed by atoms with van der Waals surface area (Å²) in [6.45, 7) is 18.4. The molecule has 420 valence electrons. The summed E-state index contributed by atoms with van der Waals surface area (Å²) in [6.07, 6.45) is 12.6. The first-order valence-corrected chi connectivity index (χ1v) is 22.7. The zero-order valence-corrected chi connectivity index (χ0v) is 44.2. The summed E-state index contributed by atoms with van der Waals surface area (Å²) in [6, 6.07) is 10.4. The standard InChI is InChI=1S/2C11H13FN2.C10H13FN2O2.C6H8FN2.C6H4N2O5.C5H5FN2.2CO2/c1-4-9-8(3)13-14-6-10(12)7(2)5-11(9)14;1-4-9-8(3)13-14-6-5-7(2)10(12)11(9)14;1-10(2,3)15-9(14)13-8-4-5-12-6-7(8)11;1-5-2-3-9(8)4-6(5)7;9-6-2-1-4(7(10)11)3-5(6)8(12)13;6-4-3-8-2-1-5(4)7;2*2-1-3/h2*5-6H,4H2,1-3H3;4-6H,1-3H3,(H,12,13,14);2-4H,8H2,1H3;1-3,9H;1-3H,(H2,7,8);;/q;;;+1;;;;/p-1. The molecule has 28 heteroatoms. The maximum absolute atomic E-state index is 13.8. The number of nitrogen functional groups attached to an aromatic ring is 2. The number of nitro groups is 2. The molecule has 0 aliphatic carbocycles. The highest BCUT2D eigenvalue weighted by atomic mass is 19.1. The number of nitro benzene ring substituents is 2. The number of benzene rings is 1. The average Bonchev–Trinajstić information content (AvgIpc) is 3.93. The average molecular weight is 1110 g/mol. The lowest BCUT2D eigenvalue weighted by Gasteiger charge is -2.19. The van der Waals surface area contributed by atoms with E-state index >= 15 is 0 Å². The maximum atomic E-state index is 13.8. The van der Waals surface area contributed by atoms with Crippen molar-refractivity contribution in [2.45, 2.75) is 87.7 Å². The molecular formula is C51H55F5N12O11. The number of hydrogen-bond acceptors (Lipinski definition) is 17. The lowest BCUT2D eigenvalue weighted by atomic mass is 10.1. The largest absolute Gasteiger partial charge is 0.868 e. The smallest absolute Gasteiger partial charge is 0.412 e. The Morgan fingerprint density at radius 3 is 1.78 bits per heavy atom. The molecule has 23 nitrogen and oxygen atoms in total. The predicted molar refractivity (Wildman–Crippen MR) is 271 cm³/mol. The van der Waals surface area contributed by atoms with Crippen molar-refractivity contribution in [3.05, 3.63) is 187 Å². The number of aryl methyl sites for hydroxylation is 7. The van der Waals surface area contributed by atoms with E-state index in [2.05, 4.69) is 32.4 Å². The number of nitrogens with zero attached hydrogens (tertiary/aromatic N) is 9. The van der Waals surface area contributed by atoms with Crippen LogP contribution >= 0.6 is 0 Å². The Morgan fingerprint density at radius 1 is 0.747 bits per heavy atom. The number of nitrogens with two attached hydrogens (primary N) is 2. The first kappa shape index (κ1) is 66.9. The van der Waals surface area contributed by atoms with Crippen LogP contribution in [-0.4, -0.2) is 63.0 Å². The maximum Gasteiger partial charge on any atom is 0.412 e. The number of rotatable bonds is 5. The Bertz CT molecular complexity index is 3380. The summed E-state index contributed by atoms with van der Waals surface area (Å²) in [5.41, 5.74) is 11.2. The predicted octanol–water partition coefficient (Wildman–Crippen LogP) is 8.22. The highest BCUT2D eigenvalue weighted by Crippen LogP contribution is 2.27. The second kappa shape index (κ2) is 32.4. The van der Waals surface area contributed by atoms with Crippen LogP contribution in [0.15, 0.2) is 98.1 Å². The summed E-state index contributed by atoms with van der Waals surface area (Å²) < 4.78 is 74.1. The highest BCUT2D eigenvalue weighted by Gasteiger charge is 2.18. The quantitative estimate of drug-likeness (QED) is 0.0480. The van der Waals surface area contributed by atoms with Gasteiger partial charge in [0, 0.05) is 41.9 Å². The molecule has 5 N–H and O–H groups in total. The van der Waals surface area contributed by atoms with E-state index in [1.165, 1.54) is 47.2 Å². The van der Waals surface area contributed by atoms with Gasteiger partial charge in [0.15, 0.2) is 29.5 Å². The third kappa shape index (κ3) is 22.0. The second-order valence-corrected chi connectivity index (χ2v) is 16.7. The molecule has 7 aromatic heterocycles. The first-order valence-electron chi connectivity index (χ1n) is 22.7. The van der Waals surface area contributed by atoms with Crippen LogP contribution in [0, 0.1) is 83.9 Å². The molecular weight excluding hydrogens is 1050 g/mol. The van der Waals surface area contributed by atoms with Crippen LogP contribution < -0.4 is 26.7 Å². The minimum atomic E-state index is -0.949. The van der Waals surface area contributed by atoms with E-state index in [0.29, 0.717) is 28.3 Å². The monoisotopic (exact) mass is 1110 g/mol. The summed E-state index contributed by atoms with van der Waals surface area (Å²) in [5.74, 6) is 2.68. The van der Waals surface area contributed by atoms with Gasteiger partial charge in [0.05, 0.1) is 62.8 Å². The van der Waals surface area contributed by atoms with E-state index in [1.807, 2.05) is 26.8 Å². The molecule has 0 aliphatic rings. The Hall–Kier alpha value is -10.1. The van der Waals surface area contributed by atoms with E-state index in [9.17, 15) is 52.1 Å². The van der Waals surface area contributed by atoms with Gasteiger partial charge in [0.25, 0.3) is 11.4 Å². The van der Waals surface area contributed by atoms with Gasteiger partial charge >= 0.3 is 18.4 Å². The summed E-state index contributed by atoms with van der Waals surface area (Å²) in [5, 5.41) is 41.9. The number of halogens is 5. The van der Waals surface area contributed by atoms with Gasteiger partial charge in [-0.2, -0.15) is 33.8 Å². The minimum absolute atomic E-state index is 0.0549. The Morgan fingerprint density at radius 2 is 1.30 bits per heavy atom. The Labute approximate surface area is 447 Å². The van der Waals surface area contributed by atoms with Crippen molar-refractivity contribution in [2.75, 3.05) is 16.9 Å². The van der Waals surface area contributed by atoms with Crippen LogP contribution in [0.2, 0.25) is 0 Å². The van der Waals surface area contributed by atoms with Crippen molar-refractivity contribution in [3.63, 3.8) is 0 Å². The van der Waals surface area contributed by atoms with Gasteiger partial charge in [-0.05, 0) is 115 Å². The zero-order chi connectivity index (χ0) is 60.3. The van der Waals surface area contributed by atoms with Crippen LogP contribution in [0.1, 0.15) is 73.8 Å². The molecule has 0 saturated heterocycles. The van der Waals surface area contributed by atoms with E-state index in [4.69, 9.17) is 35.5 Å². The fourth-order valence-corrected chi connectivity index (χ4v) is 6.15. The summed E-state index contributed by atoms with van der Waals surface area (Å²) in [7, 11) is 0. The van der Waals surface area contributed by atoms with Crippen molar-refractivity contribution >= 4 is 52.2 Å². The third-order valence-corrected chi connectivity index (χ3v) is 9.85. The number of anilines is 2. The number of carbonyl (C=O) groups excluding carboxylic acids is 5. The van der Waals surface area contributed by atoms with E-state index in [1.54, 1.807) is 75.1 Å². The van der Waals surface area contributed by atoms with Crippen LogP contribution in [0.3, 0.4) is 0 Å². The molecule has 0 aliphatic heterocycles. The van der Waals surface area contributed by atoms with Gasteiger partial charge in [0.1, 0.15) is 16.9 Å². The molecule has 7 heterocycles. The Balaban J connectivity index is 0.000000469. The lowest BCUT2D eigenvalue weighted by Crippen LogP contribution is -2.43. The highest BCUT2D eigenvalue weighted by molar-refractivity contribution is 5.84. The Kier molecular flexibility index (Phi) is 27.4. The van der Waals surface area contributed by atoms with Crippen LogP contribution in [0.5, 0.6) is 5.75 Å². The first-order chi connectivity index (χ1) is 37.0. The number of pyridine rings is 5. The number of hydrogen-bond donors (Lipinski definition) is 3. The van der Waals surface area contributed by atoms with Crippen molar-refractivity contribution in [1.29, 1.82) is 0 Å². The van der Waals surface area contributed by atoms with Gasteiger partial charge in [-0.1, -0.05) is 24.6 Å². The van der Waals surface area contributed by atoms with Gasteiger partial charge < -0.3 is 15.6 Å². The molecule has 1 amide bonds. The van der Waals surface area contributed by atoms with Crippen LogP contribution in [0.25, 0.3) is 11.0 Å². The molecule has 1 aromatic carbocycles. The molecule has 0 fully saturated rings. The van der Waals surface area contributed by atoms with Crippen molar-refractivity contribution in [3.8, 4) is 5.75 Å². The van der Waals surface area contributed by atoms with Gasteiger partial charge in [-0.3, -0.25) is 35.5 Å². The van der Waals surface area contributed by atoms with Crippen LogP contribution in [-0.2, 0) is 36.8 Å². The van der Waals surface area contributed by atoms with Gasteiger partial charge in [-0.15, -0.1) is 0 Å². The van der Waals surface area contributed by atoms with E-state index in [0.717, 1.165) is 59.8 Å². The number of nitrogens with one attached hydrogen (secondary N) is 1. The third-order valence-electron chi connectivity index (χ3n) is 9.85. The van der Waals surface area contributed by atoms with Gasteiger partial charge in [-0.25, -0.2) is 37.2 Å². The fourth-order valence-electron chi connectivity index (χ4n) is 6.15. The van der Waals surface area contributed by atoms with E-state index < -0.39 is 50.3 Å². The summed E-state index contributed by atoms with van der Waals surface area (Å²) in [4.78, 5) is 69.4. The molecule has 0 radical (unpaired) electrons. The molecule has 0 unspecified atom stereocenters. The molecule has 0 spiro atoms. The molecule has 0 atom stereocenters. The molecule has 8 rings (SSSR count). The molecule has 8 aromatic rings. The number of fused-ring (bicyclic) bond motifs is 2. The van der Waals surface area contributed by atoms with Crippen molar-refractivity contribution < 1.29 is 70.3 Å². The van der Waals surface area contributed by atoms with Gasteiger partial charge in [0.2, 0.25) is 6.20 Å². The number of aromatic nitrogens is 7. The number of non-ortho nitro benzene ring substituents is 1. The number of carbonyl (C=O) groups is 1. The number of ether oxygens (including phenoxy) is 1. The van der Waals surface area contributed by atoms with E-state index in [-0.39, 0.29) is 41.1 Å². The topological polar surface area (TPSA) is 332 Å².